The molecule has 0 bridgehead atoms. The van der Waals surface area contributed by atoms with E-state index < -0.39 is 5.91 Å². The monoisotopic (exact) mass is 440 g/mol. The summed E-state index contributed by atoms with van der Waals surface area (Å²) in [4.78, 5) is 12.5. The van der Waals surface area contributed by atoms with Crippen LogP contribution in [0.2, 0.25) is 0 Å². The second-order valence-electron chi connectivity index (χ2n) is 5.80. The number of aryl methyl sites for hydroxylation is 1. The Morgan fingerprint density at radius 1 is 1.32 bits per heavy atom. The number of rotatable bonds is 8. The van der Waals surface area contributed by atoms with Gasteiger partial charge in [-0.05, 0) is 65.2 Å². The summed E-state index contributed by atoms with van der Waals surface area (Å²) in [6.45, 7) is 8.17. The van der Waals surface area contributed by atoms with Crippen molar-refractivity contribution >= 4 is 33.6 Å². The fourth-order valence-corrected chi connectivity index (χ4v) is 3.01. The standard InChI is InChI=1S/C22H21BrN2O3/c1-4-10-28-21-18(23)12-16(13-20(21)27-5-2)11-17(14-24)22(26)25-19-9-7-6-8-15(19)3/h4,6-9,11-13H,1,5,10H2,2-3H3,(H,25,26)/b17-11+. The summed E-state index contributed by atoms with van der Waals surface area (Å²) in [7, 11) is 0. The first-order valence-electron chi connectivity index (χ1n) is 8.69. The number of nitriles is 1. The molecule has 0 aliphatic rings. The molecule has 1 N–H and O–H groups in total. The Labute approximate surface area is 173 Å². The van der Waals surface area contributed by atoms with Crippen LogP contribution in [-0.2, 0) is 4.79 Å². The second kappa shape index (κ2) is 10.3. The molecule has 5 nitrogen and oxygen atoms in total. The summed E-state index contributed by atoms with van der Waals surface area (Å²) >= 11 is 3.46. The number of para-hydroxylation sites is 1. The molecule has 0 radical (unpaired) electrons. The maximum Gasteiger partial charge on any atom is 0.266 e. The maximum absolute atomic E-state index is 12.5. The van der Waals surface area contributed by atoms with Crippen LogP contribution in [0, 0.1) is 18.3 Å². The van der Waals surface area contributed by atoms with Gasteiger partial charge in [0.15, 0.2) is 11.5 Å². The van der Waals surface area contributed by atoms with E-state index in [4.69, 9.17) is 9.47 Å². The molecule has 0 aromatic heterocycles. The van der Waals surface area contributed by atoms with E-state index in [1.54, 1.807) is 24.3 Å². The highest BCUT2D eigenvalue weighted by atomic mass is 79.9. The van der Waals surface area contributed by atoms with E-state index in [1.807, 2.05) is 38.1 Å². The third-order valence-corrected chi connectivity index (χ3v) is 4.34. The van der Waals surface area contributed by atoms with Crippen LogP contribution in [0.15, 0.2) is 59.1 Å². The van der Waals surface area contributed by atoms with Gasteiger partial charge in [0.1, 0.15) is 18.2 Å². The number of halogens is 1. The fraction of sp³-hybridized carbons (Fsp3) is 0.182. The minimum Gasteiger partial charge on any atom is -0.490 e. The lowest BCUT2D eigenvalue weighted by Crippen LogP contribution is -2.14. The zero-order valence-corrected chi connectivity index (χ0v) is 17.4. The highest BCUT2D eigenvalue weighted by Crippen LogP contribution is 2.37. The molecule has 0 aliphatic heterocycles. The molecule has 0 saturated heterocycles. The number of benzene rings is 2. The first kappa shape index (κ1) is 21.3. The number of amides is 1. The molecule has 0 aliphatic carbocycles. The zero-order chi connectivity index (χ0) is 20.5. The Hall–Kier alpha value is -3.04. The number of carbonyl (C=O) groups excluding carboxylic acids is 1. The maximum atomic E-state index is 12.5. The van der Waals surface area contributed by atoms with E-state index in [1.165, 1.54) is 6.08 Å². The van der Waals surface area contributed by atoms with Crippen molar-refractivity contribution in [3.63, 3.8) is 0 Å². The molecule has 1 amide bonds. The lowest BCUT2D eigenvalue weighted by Gasteiger charge is -2.14. The van der Waals surface area contributed by atoms with Gasteiger partial charge in [0.05, 0.1) is 11.1 Å². The minimum atomic E-state index is -0.474. The highest BCUT2D eigenvalue weighted by molar-refractivity contribution is 9.10. The second-order valence-corrected chi connectivity index (χ2v) is 6.66. The normalized spacial score (nSPS) is 10.7. The lowest BCUT2D eigenvalue weighted by molar-refractivity contribution is -0.112. The number of nitrogens with one attached hydrogen (secondary N) is 1. The van der Waals surface area contributed by atoms with Gasteiger partial charge in [-0.3, -0.25) is 4.79 Å². The Morgan fingerprint density at radius 3 is 2.71 bits per heavy atom. The van der Waals surface area contributed by atoms with Crippen LogP contribution in [0.5, 0.6) is 11.5 Å². The highest BCUT2D eigenvalue weighted by Gasteiger charge is 2.14. The Bertz CT molecular complexity index is 945. The van der Waals surface area contributed by atoms with Crippen LogP contribution in [0.25, 0.3) is 6.08 Å². The number of hydrogen-bond acceptors (Lipinski definition) is 4. The van der Waals surface area contributed by atoms with E-state index in [-0.39, 0.29) is 5.57 Å². The molecule has 0 saturated carbocycles. The van der Waals surface area contributed by atoms with Gasteiger partial charge >= 0.3 is 0 Å². The van der Waals surface area contributed by atoms with Gasteiger partial charge in [-0.15, -0.1) is 0 Å². The molecule has 0 unspecified atom stereocenters. The van der Waals surface area contributed by atoms with E-state index >= 15 is 0 Å². The molecule has 2 aromatic carbocycles. The van der Waals surface area contributed by atoms with Gasteiger partial charge in [0, 0.05) is 5.69 Å². The van der Waals surface area contributed by atoms with Crippen molar-refractivity contribution in [2.24, 2.45) is 0 Å². The number of anilines is 1. The molecule has 144 valence electrons. The van der Waals surface area contributed by atoms with Crippen molar-refractivity contribution in [1.29, 1.82) is 5.26 Å². The first-order chi connectivity index (χ1) is 13.5. The summed E-state index contributed by atoms with van der Waals surface area (Å²) in [5.41, 5.74) is 2.20. The number of nitrogens with zero attached hydrogens (tertiary/aromatic N) is 1. The van der Waals surface area contributed by atoms with E-state index in [0.717, 1.165) is 5.56 Å². The van der Waals surface area contributed by atoms with Crippen LogP contribution in [0.1, 0.15) is 18.1 Å². The number of hydrogen-bond donors (Lipinski definition) is 1. The Morgan fingerprint density at radius 2 is 2.07 bits per heavy atom. The quantitative estimate of drug-likeness (QED) is 0.344. The van der Waals surface area contributed by atoms with Gasteiger partial charge in [-0.2, -0.15) is 5.26 Å². The molecular weight excluding hydrogens is 420 g/mol. The summed E-state index contributed by atoms with van der Waals surface area (Å²) in [6, 6.07) is 12.8. The molecule has 0 atom stereocenters. The molecule has 0 fully saturated rings. The SMILES string of the molecule is C=CCOc1c(Br)cc(/C=C(\C#N)C(=O)Nc2ccccc2C)cc1OCC. The first-order valence-corrected chi connectivity index (χ1v) is 9.48. The molecule has 2 aromatic rings. The number of ether oxygens (including phenoxy) is 2. The fourth-order valence-electron chi connectivity index (χ4n) is 2.43. The van der Waals surface area contributed by atoms with Crippen LogP contribution in [0.4, 0.5) is 5.69 Å². The van der Waals surface area contributed by atoms with Crippen LogP contribution < -0.4 is 14.8 Å². The van der Waals surface area contributed by atoms with Gasteiger partial charge in [-0.1, -0.05) is 30.9 Å². The lowest BCUT2D eigenvalue weighted by atomic mass is 10.1. The summed E-state index contributed by atoms with van der Waals surface area (Å²) in [5.74, 6) is 0.584. The largest absolute Gasteiger partial charge is 0.490 e. The molecule has 6 heteroatoms. The van der Waals surface area contributed by atoms with Crippen molar-refractivity contribution < 1.29 is 14.3 Å². The summed E-state index contributed by atoms with van der Waals surface area (Å²) in [5, 5.41) is 12.2. The minimum absolute atomic E-state index is 0.0163. The number of carbonyl (C=O) groups is 1. The van der Waals surface area contributed by atoms with Crippen molar-refractivity contribution in [2.45, 2.75) is 13.8 Å². The molecule has 2 rings (SSSR count). The zero-order valence-electron chi connectivity index (χ0n) is 15.8. The Kier molecular flexibility index (Phi) is 7.85. The molecule has 0 heterocycles. The van der Waals surface area contributed by atoms with Gasteiger partial charge in [0.2, 0.25) is 0 Å². The smallest absolute Gasteiger partial charge is 0.266 e. The predicted molar refractivity (Wildman–Crippen MR) is 114 cm³/mol. The topological polar surface area (TPSA) is 71.3 Å². The van der Waals surface area contributed by atoms with Crippen LogP contribution >= 0.6 is 15.9 Å². The molecular formula is C22H21BrN2O3. The van der Waals surface area contributed by atoms with Gasteiger partial charge in [-0.25, -0.2) is 0 Å². The molecule has 28 heavy (non-hydrogen) atoms. The Balaban J connectivity index is 2.35. The third-order valence-electron chi connectivity index (χ3n) is 3.75. The van der Waals surface area contributed by atoms with Crippen LogP contribution in [-0.4, -0.2) is 19.1 Å². The van der Waals surface area contributed by atoms with Gasteiger partial charge < -0.3 is 14.8 Å². The average Bonchev–Trinajstić information content (AvgIpc) is 2.67. The third kappa shape index (κ3) is 5.48. The molecule has 0 spiro atoms. The van der Waals surface area contributed by atoms with Crippen molar-refractivity contribution in [3.8, 4) is 17.6 Å². The van der Waals surface area contributed by atoms with Crippen LogP contribution in [0.3, 0.4) is 0 Å². The van der Waals surface area contributed by atoms with E-state index in [0.29, 0.717) is 40.4 Å². The van der Waals surface area contributed by atoms with Crippen molar-refractivity contribution in [1.82, 2.24) is 0 Å². The van der Waals surface area contributed by atoms with E-state index in [9.17, 15) is 10.1 Å². The van der Waals surface area contributed by atoms with Gasteiger partial charge in [0.25, 0.3) is 5.91 Å². The van der Waals surface area contributed by atoms with E-state index in [2.05, 4.69) is 27.8 Å². The summed E-state index contributed by atoms with van der Waals surface area (Å²) < 4.78 is 11.9. The van der Waals surface area contributed by atoms with Crippen molar-refractivity contribution in [2.75, 3.05) is 18.5 Å². The van der Waals surface area contributed by atoms with Crippen molar-refractivity contribution in [3.05, 3.63) is 70.2 Å². The predicted octanol–water partition coefficient (Wildman–Crippen LogP) is 5.27. The average molecular weight is 441 g/mol. The summed E-state index contributed by atoms with van der Waals surface area (Å²) in [6.07, 6.45) is 3.15.